The van der Waals surface area contributed by atoms with Crippen molar-refractivity contribution in [2.75, 3.05) is 11.5 Å². The van der Waals surface area contributed by atoms with E-state index in [4.69, 9.17) is 5.11 Å². The number of rotatable bonds is 6. The molecule has 1 rings (SSSR count). The summed E-state index contributed by atoms with van der Waals surface area (Å²) >= 11 is 0. The zero-order valence-electron chi connectivity index (χ0n) is 10.7. The zero-order chi connectivity index (χ0) is 13.5. The van der Waals surface area contributed by atoms with E-state index >= 15 is 0 Å². The number of carboxylic acid groups (broad SMARTS) is 1. The summed E-state index contributed by atoms with van der Waals surface area (Å²) in [6.07, 6.45) is 5.77. The Morgan fingerprint density at radius 3 is 2.44 bits per heavy atom. The summed E-state index contributed by atoms with van der Waals surface area (Å²) in [4.78, 5) is 21.8. The summed E-state index contributed by atoms with van der Waals surface area (Å²) in [5, 5.41) is 11.2. The number of amides is 1. The minimum Gasteiger partial charge on any atom is -0.480 e. The lowest BCUT2D eigenvalue weighted by Crippen LogP contribution is -2.44. The van der Waals surface area contributed by atoms with E-state index in [1.165, 1.54) is 26.2 Å². The molecule has 0 spiro atoms. The summed E-state index contributed by atoms with van der Waals surface area (Å²) in [6, 6.07) is -1.04. The molecule has 1 fully saturated rings. The van der Waals surface area contributed by atoms with Crippen molar-refractivity contribution in [2.24, 2.45) is 5.92 Å². The maximum absolute atomic E-state index is 11.9. The van der Waals surface area contributed by atoms with Gasteiger partial charge in [0.25, 0.3) is 0 Å². The van der Waals surface area contributed by atoms with Crippen LogP contribution in [0.1, 0.15) is 39.0 Å². The quantitative estimate of drug-likeness (QED) is 0.754. The van der Waals surface area contributed by atoms with Gasteiger partial charge < -0.3 is 10.4 Å². The van der Waals surface area contributed by atoms with Crippen LogP contribution in [0, 0.1) is 5.92 Å². The highest BCUT2D eigenvalue weighted by Gasteiger charge is 2.23. The van der Waals surface area contributed by atoms with Crippen LogP contribution < -0.4 is 5.32 Å². The molecule has 104 valence electrons. The van der Waals surface area contributed by atoms with E-state index in [9.17, 15) is 13.8 Å². The number of hydrogen-bond donors (Lipinski definition) is 2. The number of carboxylic acids is 1. The van der Waals surface area contributed by atoms with Gasteiger partial charge in [0.1, 0.15) is 6.04 Å². The Bertz CT molecular complexity index is 326. The van der Waals surface area contributed by atoms with Crippen molar-refractivity contribution < 1.29 is 18.9 Å². The van der Waals surface area contributed by atoms with Crippen molar-refractivity contribution >= 4 is 22.7 Å². The number of carbonyl (C=O) groups excluding carboxylic acids is 1. The summed E-state index contributed by atoms with van der Waals surface area (Å²) < 4.78 is 11.9. The molecule has 6 heteroatoms. The summed E-state index contributed by atoms with van der Waals surface area (Å²) in [5.74, 6) is -0.514. The molecule has 0 aromatic carbocycles. The predicted molar refractivity (Wildman–Crippen MR) is 69.7 cm³/mol. The molecule has 0 radical (unpaired) electrons. The predicted octanol–water partition coefficient (Wildman–Crippen LogP) is 0.905. The fourth-order valence-electron chi connectivity index (χ4n) is 2.29. The van der Waals surface area contributed by atoms with Crippen molar-refractivity contribution in [3.05, 3.63) is 0 Å². The van der Waals surface area contributed by atoms with Crippen LogP contribution in [0.2, 0.25) is 0 Å². The van der Waals surface area contributed by atoms with Crippen LogP contribution in [0.5, 0.6) is 0 Å². The van der Waals surface area contributed by atoms with Gasteiger partial charge in [-0.3, -0.25) is 9.00 Å². The number of hydrogen-bond acceptors (Lipinski definition) is 3. The Hall–Kier alpha value is -0.910. The van der Waals surface area contributed by atoms with Crippen LogP contribution in [-0.4, -0.2) is 38.7 Å². The van der Waals surface area contributed by atoms with Crippen LogP contribution in [0.4, 0.5) is 0 Å². The van der Waals surface area contributed by atoms with Gasteiger partial charge in [-0.25, -0.2) is 4.79 Å². The van der Waals surface area contributed by atoms with Crippen LogP contribution in [0.25, 0.3) is 0 Å². The summed E-state index contributed by atoms with van der Waals surface area (Å²) in [6.45, 7) is 1.26. The molecule has 2 atom stereocenters. The Balaban J connectivity index is 2.40. The molecule has 0 heterocycles. The van der Waals surface area contributed by atoms with Gasteiger partial charge in [-0.05, 0) is 18.8 Å². The van der Waals surface area contributed by atoms with Crippen molar-refractivity contribution in [3.63, 3.8) is 0 Å². The van der Waals surface area contributed by atoms with Crippen LogP contribution in [-0.2, 0) is 20.4 Å². The second-order valence-corrected chi connectivity index (χ2v) is 6.41. The summed E-state index contributed by atoms with van der Waals surface area (Å²) in [7, 11) is -1.18. The van der Waals surface area contributed by atoms with E-state index in [2.05, 4.69) is 5.32 Å². The fourth-order valence-corrected chi connectivity index (χ4v) is 3.88. The van der Waals surface area contributed by atoms with Crippen molar-refractivity contribution in [1.82, 2.24) is 5.32 Å². The smallest absolute Gasteiger partial charge is 0.327 e. The molecular formula is C12H21NO4S. The lowest BCUT2D eigenvalue weighted by molar-refractivity contribution is -0.140. The third-order valence-electron chi connectivity index (χ3n) is 3.17. The highest BCUT2D eigenvalue weighted by Crippen LogP contribution is 2.24. The van der Waals surface area contributed by atoms with E-state index in [-0.39, 0.29) is 5.75 Å². The standard InChI is InChI=1S/C12H21NO4S/c1-9(14)13-11(12(15)16)8-18(17)7-10-5-3-2-4-6-10/h10-11H,2-8H2,1H3,(H,13,14)(H,15,16)/t11-,18?/m0/s1. The van der Waals surface area contributed by atoms with Gasteiger partial charge in [-0.2, -0.15) is 0 Å². The topological polar surface area (TPSA) is 83.5 Å². The minimum atomic E-state index is -1.18. The third-order valence-corrected chi connectivity index (χ3v) is 4.72. The Kier molecular flexibility index (Phi) is 6.32. The number of nitrogens with one attached hydrogen (secondary N) is 1. The van der Waals surface area contributed by atoms with E-state index < -0.39 is 28.7 Å². The molecule has 0 aromatic heterocycles. The second kappa shape index (κ2) is 7.51. The largest absolute Gasteiger partial charge is 0.480 e. The molecule has 1 saturated carbocycles. The van der Waals surface area contributed by atoms with Gasteiger partial charge in [0.2, 0.25) is 5.91 Å². The van der Waals surface area contributed by atoms with Gasteiger partial charge in [0.15, 0.2) is 0 Å². The molecule has 0 bridgehead atoms. The molecule has 1 amide bonds. The first-order valence-electron chi connectivity index (χ1n) is 6.34. The molecule has 0 aliphatic heterocycles. The first kappa shape index (κ1) is 15.1. The maximum Gasteiger partial charge on any atom is 0.327 e. The van der Waals surface area contributed by atoms with E-state index in [0.29, 0.717) is 11.7 Å². The van der Waals surface area contributed by atoms with Gasteiger partial charge >= 0.3 is 5.97 Å². The first-order chi connectivity index (χ1) is 8.49. The Morgan fingerprint density at radius 1 is 1.33 bits per heavy atom. The SMILES string of the molecule is CC(=O)N[C@@H](CS(=O)CC1CCCCC1)C(=O)O. The van der Waals surface area contributed by atoms with Gasteiger partial charge in [-0.1, -0.05) is 19.3 Å². The van der Waals surface area contributed by atoms with Gasteiger partial charge in [0, 0.05) is 23.5 Å². The van der Waals surface area contributed by atoms with Crippen molar-refractivity contribution in [1.29, 1.82) is 0 Å². The van der Waals surface area contributed by atoms with Gasteiger partial charge in [-0.15, -0.1) is 0 Å². The normalized spacial score (nSPS) is 20.1. The highest BCUT2D eigenvalue weighted by atomic mass is 32.2. The molecule has 5 nitrogen and oxygen atoms in total. The van der Waals surface area contributed by atoms with Crippen LogP contribution >= 0.6 is 0 Å². The van der Waals surface area contributed by atoms with Crippen molar-refractivity contribution in [2.45, 2.75) is 45.1 Å². The number of aliphatic carboxylic acids is 1. The minimum absolute atomic E-state index is 0.00537. The maximum atomic E-state index is 11.9. The lowest BCUT2D eigenvalue weighted by Gasteiger charge is -2.21. The molecule has 1 unspecified atom stereocenters. The molecule has 18 heavy (non-hydrogen) atoms. The van der Waals surface area contributed by atoms with E-state index in [0.717, 1.165) is 12.8 Å². The summed E-state index contributed by atoms with van der Waals surface area (Å²) in [5.41, 5.74) is 0. The molecule has 0 aromatic rings. The fraction of sp³-hybridized carbons (Fsp3) is 0.833. The van der Waals surface area contributed by atoms with Crippen molar-refractivity contribution in [3.8, 4) is 0 Å². The Labute approximate surface area is 110 Å². The average molecular weight is 275 g/mol. The molecule has 2 N–H and O–H groups in total. The van der Waals surface area contributed by atoms with E-state index in [1.807, 2.05) is 0 Å². The van der Waals surface area contributed by atoms with Crippen LogP contribution in [0.15, 0.2) is 0 Å². The number of carbonyl (C=O) groups is 2. The Morgan fingerprint density at radius 2 is 1.94 bits per heavy atom. The first-order valence-corrected chi connectivity index (χ1v) is 7.82. The third kappa shape index (κ3) is 5.62. The van der Waals surface area contributed by atoms with Gasteiger partial charge in [0.05, 0.1) is 5.75 Å². The second-order valence-electron chi connectivity index (χ2n) is 4.87. The average Bonchev–Trinajstić information content (AvgIpc) is 2.28. The molecular weight excluding hydrogens is 254 g/mol. The zero-order valence-corrected chi connectivity index (χ0v) is 11.5. The highest BCUT2D eigenvalue weighted by molar-refractivity contribution is 7.85. The molecule has 0 saturated heterocycles. The lowest BCUT2D eigenvalue weighted by atomic mass is 9.91. The monoisotopic (exact) mass is 275 g/mol. The molecule has 1 aliphatic rings. The van der Waals surface area contributed by atoms with Crippen LogP contribution in [0.3, 0.4) is 0 Å². The molecule has 1 aliphatic carbocycles. The van der Waals surface area contributed by atoms with E-state index in [1.54, 1.807) is 0 Å².